The smallest absolute Gasteiger partial charge is 0.315 e. The fourth-order valence-electron chi connectivity index (χ4n) is 1.24. The second kappa shape index (κ2) is 5.49. The summed E-state index contributed by atoms with van der Waals surface area (Å²) in [5.74, 6) is -0.329. The van der Waals surface area contributed by atoms with E-state index >= 15 is 0 Å². The van der Waals surface area contributed by atoms with Crippen molar-refractivity contribution in [2.24, 2.45) is 0 Å². The zero-order chi connectivity index (χ0) is 13.1. The second-order valence-electron chi connectivity index (χ2n) is 4.79. The Morgan fingerprint density at radius 2 is 2.06 bits per heavy atom. The van der Waals surface area contributed by atoms with E-state index in [1.165, 1.54) is 6.07 Å². The average molecular weight is 303 g/mol. The Balaban J connectivity index is 2.56. The Bertz CT molecular complexity index is 415. The van der Waals surface area contributed by atoms with Gasteiger partial charge in [0, 0.05) is 22.1 Å². The van der Waals surface area contributed by atoms with E-state index in [-0.39, 0.29) is 23.9 Å². The van der Waals surface area contributed by atoms with Gasteiger partial charge < -0.3 is 10.6 Å². The molecule has 5 heteroatoms. The minimum atomic E-state index is -0.329. The minimum absolute atomic E-state index is 0.160. The van der Waals surface area contributed by atoms with Crippen LogP contribution in [-0.4, -0.2) is 11.6 Å². The predicted octanol–water partition coefficient (Wildman–Crippen LogP) is 3.19. The van der Waals surface area contributed by atoms with Gasteiger partial charge in [-0.2, -0.15) is 0 Å². The van der Waals surface area contributed by atoms with Gasteiger partial charge in [-0.25, -0.2) is 9.18 Å². The summed E-state index contributed by atoms with van der Waals surface area (Å²) in [6.45, 7) is 5.80. The molecule has 1 rings (SSSR count). The molecule has 94 valence electrons. The minimum Gasteiger partial charge on any atom is -0.334 e. The summed E-state index contributed by atoms with van der Waals surface area (Å²) in [6.07, 6.45) is 0. The lowest BCUT2D eigenvalue weighted by Gasteiger charge is -2.20. The van der Waals surface area contributed by atoms with Gasteiger partial charge in [-0.1, -0.05) is 15.9 Å². The van der Waals surface area contributed by atoms with Gasteiger partial charge in [0.2, 0.25) is 0 Å². The summed E-state index contributed by atoms with van der Waals surface area (Å²) >= 11 is 3.26. The monoisotopic (exact) mass is 302 g/mol. The molecule has 0 aliphatic carbocycles. The summed E-state index contributed by atoms with van der Waals surface area (Å²) in [6, 6.07) is 4.32. The number of benzene rings is 1. The number of carbonyl (C=O) groups excluding carboxylic acids is 1. The van der Waals surface area contributed by atoms with Crippen LogP contribution in [0.5, 0.6) is 0 Å². The van der Waals surface area contributed by atoms with E-state index < -0.39 is 0 Å². The van der Waals surface area contributed by atoms with Crippen LogP contribution in [0.15, 0.2) is 22.7 Å². The van der Waals surface area contributed by atoms with Crippen LogP contribution in [0.25, 0.3) is 0 Å². The maximum Gasteiger partial charge on any atom is 0.315 e. The molecule has 0 aliphatic rings. The van der Waals surface area contributed by atoms with Gasteiger partial charge >= 0.3 is 6.03 Å². The first-order valence-corrected chi connectivity index (χ1v) is 6.07. The molecule has 0 atom stereocenters. The van der Waals surface area contributed by atoms with Crippen LogP contribution in [0.1, 0.15) is 26.3 Å². The van der Waals surface area contributed by atoms with Gasteiger partial charge in [0.25, 0.3) is 0 Å². The lowest BCUT2D eigenvalue weighted by atomic mass is 10.1. The van der Waals surface area contributed by atoms with E-state index in [2.05, 4.69) is 26.6 Å². The van der Waals surface area contributed by atoms with Crippen LogP contribution < -0.4 is 10.6 Å². The highest BCUT2D eigenvalue weighted by Crippen LogP contribution is 2.15. The molecule has 1 aromatic carbocycles. The SMILES string of the molecule is CC(C)(C)NC(=O)NCc1cc(Br)ccc1F. The number of rotatable bonds is 2. The van der Waals surface area contributed by atoms with Crippen molar-refractivity contribution in [2.45, 2.75) is 32.9 Å². The summed E-state index contributed by atoms with van der Waals surface area (Å²) in [5, 5.41) is 5.35. The molecule has 0 heterocycles. The van der Waals surface area contributed by atoms with Crippen molar-refractivity contribution in [3.8, 4) is 0 Å². The fourth-order valence-corrected chi connectivity index (χ4v) is 1.65. The third-order valence-corrected chi connectivity index (χ3v) is 2.43. The molecule has 0 spiro atoms. The van der Waals surface area contributed by atoms with E-state index in [9.17, 15) is 9.18 Å². The summed E-state index contributed by atoms with van der Waals surface area (Å²) < 4.78 is 14.1. The molecular weight excluding hydrogens is 287 g/mol. The van der Waals surface area contributed by atoms with Crippen molar-refractivity contribution >= 4 is 22.0 Å². The van der Waals surface area contributed by atoms with Gasteiger partial charge in [0.1, 0.15) is 5.82 Å². The molecule has 0 aromatic heterocycles. The zero-order valence-corrected chi connectivity index (χ0v) is 11.7. The first kappa shape index (κ1) is 14.0. The number of nitrogens with one attached hydrogen (secondary N) is 2. The van der Waals surface area contributed by atoms with Gasteiger partial charge in [0.05, 0.1) is 0 Å². The van der Waals surface area contributed by atoms with Crippen molar-refractivity contribution in [1.29, 1.82) is 0 Å². The largest absolute Gasteiger partial charge is 0.334 e. The number of hydrogen-bond donors (Lipinski definition) is 2. The van der Waals surface area contributed by atoms with Crippen LogP contribution in [0.4, 0.5) is 9.18 Å². The molecule has 3 nitrogen and oxygen atoms in total. The maximum atomic E-state index is 13.4. The molecule has 1 aromatic rings. The standard InChI is InChI=1S/C12H16BrFN2O/c1-12(2,3)16-11(17)15-7-8-6-9(13)4-5-10(8)14/h4-6H,7H2,1-3H3,(H2,15,16,17). The molecule has 17 heavy (non-hydrogen) atoms. The van der Waals surface area contributed by atoms with Crippen LogP contribution in [-0.2, 0) is 6.54 Å². The van der Waals surface area contributed by atoms with Crippen LogP contribution in [0, 0.1) is 5.82 Å². The van der Waals surface area contributed by atoms with E-state index in [1.807, 2.05) is 20.8 Å². The van der Waals surface area contributed by atoms with Crippen molar-refractivity contribution in [2.75, 3.05) is 0 Å². The van der Waals surface area contributed by atoms with E-state index in [1.54, 1.807) is 12.1 Å². The summed E-state index contributed by atoms with van der Waals surface area (Å²) in [4.78, 5) is 11.5. The number of carbonyl (C=O) groups is 1. The number of amides is 2. The third kappa shape index (κ3) is 5.17. The van der Waals surface area contributed by atoms with Gasteiger partial charge in [-0.15, -0.1) is 0 Å². The maximum absolute atomic E-state index is 13.4. The Hall–Kier alpha value is -1.10. The van der Waals surface area contributed by atoms with Crippen LogP contribution in [0.2, 0.25) is 0 Å². The number of hydrogen-bond acceptors (Lipinski definition) is 1. The molecule has 0 aliphatic heterocycles. The third-order valence-electron chi connectivity index (χ3n) is 1.94. The van der Waals surface area contributed by atoms with Gasteiger partial charge in [-0.3, -0.25) is 0 Å². The van der Waals surface area contributed by atoms with Crippen molar-refractivity contribution in [1.82, 2.24) is 10.6 Å². The Kier molecular flexibility index (Phi) is 4.51. The first-order valence-electron chi connectivity index (χ1n) is 5.28. The molecule has 0 unspecified atom stereocenters. The number of urea groups is 1. The molecule has 0 fully saturated rings. The summed E-state index contributed by atoms with van der Waals surface area (Å²) in [5.41, 5.74) is 0.142. The van der Waals surface area contributed by atoms with E-state index in [0.29, 0.717) is 5.56 Å². The van der Waals surface area contributed by atoms with Crippen LogP contribution >= 0.6 is 15.9 Å². The fraction of sp³-hybridized carbons (Fsp3) is 0.417. The molecule has 0 bridgehead atoms. The number of halogens is 2. The highest BCUT2D eigenvalue weighted by molar-refractivity contribution is 9.10. The lowest BCUT2D eigenvalue weighted by molar-refractivity contribution is 0.231. The van der Waals surface area contributed by atoms with Gasteiger partial charge in [0.15, 0.2) is 0 Å². The highest BCUT2D eigenvalue weighted by atomic mass is 79.9. The Labute approximate surface area is 109 Å². The van der Waals surface area contributed by atoms with Crippen molar-refractivity contribution < 1.29 is 9.18 Å². The molecule has 2 N–H and O–H groups in total. The van der Waals surface area contributed by atoms with E-state index in [4.69, 9.17) is 0 Å². The predicted molar refractivity (Wildman–Crippen MR) is 69.2 cm³/mol. The highest BCUT2D eigenvalue weighted by Gasteiger charge is 2.13. The molecule has 0 saturated carbocycles. The van der Waals surface area contributed by atoms with E-state index in [0.717, 1.165) is 4.47 Å². The van der Waals surface area contributed by atoms with Crippen LogP contribution in [0.3, 0.4) is 0 Å². The lowest BCUT2D eigenvalue weighted by Crippen LogP contribution is -2.46. The first-order chi connectivity index (χ1) is 7.78. The molecule has 0 saturated heterocycles. The average Bonchev–Trinajstić information content (AvgIpc) is 2.17. The zero-order valence-electron chi connectivity index (χ0n) is 10.1. The quantitative estimate of drug-likeness (QED) is 0.865. The van der Waals surface area contributed by atoms with Crippen molar-refractivity contribution in [3.63, 3.8) is 0 Å². The Morgan fingerprint density at radius 1 is 1.41 bits per heavy atom. The topological polar surface area (TPSA) is 41.1 Å². The Morgan fingerprint density at radius 3 is 2.65 bits per heavy atom. The summed E-state index contributed by atoms with van der Waals surface area (Å²) in [7, 11) is 0. The second-order valence-corrected chi connectivity index (χ2v) is 5.71. The normalized spacial score (nSPS) is 11.1. The molecule has 0 radical (unpaired) electrons. The van der Waals surface area contributed by atoms with Gasteiger partial charge in [-0.05, 0) is 39.0 Å². The molecular formula is C12H16BrFN2O. The molecule has 2 amide bonds. The van der Waals surface area contributed by atoms with Crippen molar-refractivity contribution in [3.05, 3.63) is 34.1 Å².